The third-order valence-electron chi connectivity index (χ3n) is 4.23. The van der Waals surface area contributed by atoms with Crippen LogP contribution in [0.3, 0.4) is 0 Å². The van der Waals surface area contributed by atoms with Crippen LogP contribution in [0.4, 0.5) is 5.69 Å². The number of carbonyl (C=O) groups excluding carboxylic acids is 2. The van der Waals surface area contributed by atoms with Crippen molar-refractivity contribution in [2.75, 3.05) is 18.0 Å². The van der Waals surface area contributed by atoms with Gasteiger partial charge in [-0.25, -0.2) is 0 Å². The molecule has 2 aromatic carbocycles. The Morgan fingerprint density at radius 1 is 1.04 bits per heavy atom. The quantitative estimate of drug-likeness (QED) is 0.672. The number of phenols is 1. The molecule has 1 aliphatic rings. The zero-order chi connectivity index (χ0) is 18.0. The zero-order valence-electron chi connectivity index (χ0n) is 14.1. The van der Waals surface area contributed by atoms with Crippen molar-refractivity contribution in [2.45, 2.75) is 13.8 Å². The van der Waals surface area contributed by atoms with E-state index in [1.54, 1.807) is 36.4 Å². The predicted molar refractivity (Wildman–Crippen MR) is 96.2 cm³/mol. The Morgan fingerprint density at radius 3 is 2.16 bits per heavy atom. The highest BCUT2D eigenvalue weighted by Crippen LogP contribution is 2.25. The smallest absolute Gasteiger partial charge is 0.282 e. The molecule has 0 atom stereocenters. The Hall–Kier alpha value is -3.15. The Labute approximate surface area is 146 Å². The van der Waals surface area contributed by atoms with Gasteiger partial charge in [-0.3, -0.25) is 9.59 Å². The second-order valence-corrected chi connectivity index (χ2v) is 5.63. The van der Waals surface area contributed by atoms with E-state index in [-0.39, 0.29) is 5.75 Å². The summed E-state index contributed by atoms with van der Waals surface area (Å²) in [7, 11) is 0. The van der Waals surface area contributed by atoms with Crippen molar-refractivity contribution in [2.24, 2.45) is 5.10 Å². The molecule has 0 bridgehead atoms. The van der Waals surface area contributed by atoms with Gasteiger partial charge >= 0.3 is 0 Å². The van der Waals surface area contributed by atoms with Crippen molar-refractivity contribution in [3.05, 3.63) is 59.2 Å². The molecular formula is C19H19N3O3. The lowest BCUT2D eigenvalue weighted by molar-refractivity contribution is 0.0660. The molecule has 0 saturated carbocycles. The lowest BCUT2D eigenvalue weighted by Gasteiger charge is -2.21. The maximum Gasteiger partial charge on any atom is 0.282 e. The van der Waals surface area contributed by atoms with Gasteiger partial charge in [0.1, 0.15) is 5.75 Å². The molecule has 0 radical (unpaired) electrons. The summed E-state index contributed by atoms with van der Waals surface area (Å²) in [5, 5.41) is 15.0. The average molecular weight is 337 g/mol. The molecule has 1 heterocycles. The lowest BCUT2D eigenvalue weighted by atomic mass is 10.1. The minimum Gasteiger partial charge on any atom is -0.507 e. The number of hydrazone groups is 1. The van der Waals surface area contributed by atoms with Gasteiger partial charge in [-0.05, 0) is 38.1 Å². The van der Waals surface area contributed by atoms with Crippen LogP contribution in [-0.2, 0) is 0 Å². The number of fused-ring (bicyclic) bond motifs is 1. The van der Waals surface area contributed by atoms with Crippen molar-refractivity contribution in [1.29, 1.82) is 0 Å². The molecule has 2 aromatic rings. The zero-order valence-corrected chi connectivity index (χ0v) is 14.1. The maximum atomic E-state index is 12.3. The van der Waals surface area contributed by atoms with Crippen molar-refractivity contribution < 1.29 is 14.7 Å². The first-order chi connectivity index (χ1) is 12.1. The van der Waals surface area contributed by atoms with Gasteiger partial charge in [0.2, 0.25) is 0 Å². The molecule has 0 fully saturated rings. The third kappa shape index (κ3) is 2.98. The minimum absolute atomic E-state index is 0.0461. The van der Waals surface area contributed by atoms with Crippen LogP contribution in [0.25, 0.3) is 0 Å². The van der Waals surface area contributed by atoms with Crippen LogP contribution in [-0.4, -0.2) is 41.2 Å². The highest BCUT2D eigenvalue weighted by molar-refractivity contribution is 6.21. The Bertz CT molecular complexity index is 822. The van der Waals surface area contributed by atoms with E-state index in [1.807, 2.05) is 19.9 Å². The van der Waals surface area contributed by atoms with Gasteiger partial charge < -0.3 is 10.0 Å². The number of carbonyl (C=O) groups is 2. The van der Waals surface area contributed by atoms with Crippen LogP contribution >= 0.6 is 0 Å². The Kier molecular flexibility index (Phi) is 4.52. The normalized spacial score (nSPS) is 13.6. The molecule has 3 rings (SSSR count). The summed E-state index contributed by atoms with van der Waals surface area (Å²) in [6.45, 7) is 5.74. The maximum absolute atomic E-state index is 12.3. The molecule has 0 unspecified atom stereocenters. The number of rotatable bonds is 5. The topological polar surface area (TPSA) is 73.2 Å². The van der Waals surface area contributed by atoms with Gasteiger partial charge in [0, 0.05) is 30.4 Å². The number of hydrogen-bond acceptors (Lipinski definition) is 5. The summed E-state index contributed by atoms with van der Waals surface area (Å²) in [5.41, 5.74) is 2.02. The Balaban J connectivity index is 1.84. The largest absolute Gasteiger partial charge is 0.507 e. The molecule has 0 aromatic heterocycles. The number of anilines is 1. The SMILES string of the molecule is CCN(CC)c1ccc(/C=N/N2C(=O)c3ccccc3C2=O)c(O)c1. The van der Waals surface area contributed by atoms with Crippen LogP contribution in [0.2, 0.25) is 0 Å². The lowest BCUT2D eigenvalue weighted by Crippen LogP contribution is -2.24. The highest BCUT2D eigenvalue weighted by atomic mass is 16.3. The highest BCUT2D eigenvalue weighted by Gasteiger charge is 2.35. The fourth-order valence-corrected chi connectivity index (χ4v) is 2.83. The second kappa shape index (κ2) is 6.76. The molecule has 0 saturated heterocycles. The average Bonchev–Trinajstić information content (AvgIpc) is 2.87. The van der Waals surface area contributed by atoms with E-state index in [0.717, 1.165) is 23.8 Å². The molecule has 6 nitrogen and oxygen atoms in total. The number of amides is 2. The van der Waals surface area contributed by atoms with Crippen molar-refractivity contribution in [3.8, 4) is 5.75 Å². The predicted octanol–water partition coefficient (Wildman–Crippen LogP) is 2.87. The van der Waals surface area contributed by atoms with Gasteiger partial charge in [-0.2, -0.15) is 10.1 Å². The van der Waals surface area contributed by atoms with Crippen LogP contribution in [0, 0.1) is 0 Å². The second-order valence-electron chi connectivity index (χ2n) is 5.63. The summed E-state index contributed by atoms with van der Waals surface area (Å²) in [6.07, 6.45) is 1.32. The van der Waals surface area contributed by atoms with E-state index in [9.17, 15) is 14.7 Å². The fraction of sp³-hybridized carbons (Fsp3) is 0.211. The van der Waals surface area contributed by atoms with E-state index >= 15 is 0 Å². The number of benzene rings is 2. The van der Waals surface area contributed by atoms with E-state index in [1.165, 1.54) is 6.21 Å². The van der Waals surface area contributed by atoms with E-state index in [0.29, 0.717) is 16.7 Å². The van der Waals surface area contributed by atoms with Crippen molar-refractivity contribution >= 4 is 23.7 Å². The molecule has 0 spiro atoms. The van der Waals surface area contributed by atoms with E-state index in [2.05, 4.69) is 10.0 Å². The molecule has 25 heavy (non-hydrogen) atoms. The first-order valence-corrected chi connectivity index (χ1v) is 8.16. The molecule has 1 aliphatic heterocycles. The van der Waals surface area contributed by atoms with Crippen LogP contribution in [0.1, 0.15) is 40.1 Å². The Morgan fingerprint density at radius 2 is 1.64 bits per heavy atom. The number of nitrogens with zero attached hydrogens (tertiary/aromatic N) is 3. The number of hydrogen-bond donors (Lipinski definition) is 1. The van der Waals surface area contributed by atoms with Crippen LogP contribution in [0.5, 0.6) is 5.75 Å². The fourth-order valence-electron chi connectivity index (χ4n) is 2.83. The summed E-state index contributed by atoms with van der Waals surface area (Å²) >= 11 is 0. The van der Waals surface area contributed by atoms with Crippen molar-refractivity contribution in [3.63, 3.8) is 0 Å². The van der Waals surface area contributed by atoms with Gasteiger partial charge in [-0.1, -0.05) is 12.1 Å². The monoisotopic (exact) mass is 337 g/mol. The number of aromatic hydroxyl groups is 1. The van der Waals surface area contributed by atoms with Crippen molar-refractivity contribution in [1.82, 2.24) is 5.01 Å². The molecule has 6 heteroatoms. The first-order valence-electron chi connectivity index (χ1n) is 8.16. The number of imide groups is 1. The first kappa shape index (κ1) is 16.7. The summed E-state index contributed by atoms with van der Waals surface area (Å²) in [5.74, 6) is -0.878. The molecule has 128 valence electrons. The van der Waals surface area contributed by atoms with E-state index in [4.69, 9.17) is 0 Å². The minimum atomic E-state index is -0.462. The summed E-state index contributed by atoms with van der Waals surface area (Å²) < 4.78 is 0. The van der Waals surface area contributed by atoms with Crippen LogP contribution in [0.15, 0.2) is 47.6 Å². The standard InChI is InChI=1S/C19H19N3O3/c1-3-21(4-2)14-10-9-13(17(23)11-14)12-20-22-18(24)15-7-5-6-8-16(15)19(22)25/h5-12,23H,3-4H2,1-2H3/b20-12+. The van der Waals surface area contributed by atoms with Gasteiger partial charge in [-0.15, -0.1) is 0 Å². The number of phenolic OH excluding ortho intramolecular Hbond substituents is 1. The van der Waals surface area contributed by atoms with Gasteiger partial charge in [0.15, 0.2) is 0 Å². The molecule has 0 aliphatic carbocycles. The molecule has 1 N–H and O–H groups in total. The summed E-state index contributed by atoms with van der Waals surface area (Å²) in [6, 6.07) is 11.8. The van der Waals surface area contributed by atoms with Gasteiger partial charge in [0.05, 0.1) is 17.3 Å². The molecule has 2 amide bonds. The van der Waals surface area contributed by atoms with Crippen LogP contribution < -0.4 is 4.90 Å². The van der Waals surface area contributed by atoms with Gasteiger partial charge in [0.25, 0.3) is 11.8 Å². The van der Waals surface area contributed by atoms with E-state index < -0.39 is 11.8 Å². The molecular weight excluding hydrogens is 318 g/mol. The summed E-state index contributed by atoms with van der Waals surface area (Å²) in [4.78, 5) is 26.6. The third-order valence-corrected chi connectivity index (χ3v) is 4.23.